The van der Waals surface area contributed by atoms with E-state index >= 15 is 0 Å². The maximum atomic E-state index is 13.3. The summed E-state index contributed by atoms with van der Waals surface area (Å²) < 4.78 is 13.3. The molecule has 1 heterocycles. The SMILES string of the molecule is O=C(O)N1CCC(c2cccc(F)c2Cl)CC1. The lowest BCUT2D eigenvalue weighted by atomic mass is 9.89. The van der Waals surface area contributed by atoms with E-state index in [2.05, 4.69) is 0 Å². The lowest BCUT2D eigenvalue weighted by Gasteiger charge is -2.30. The van der Waals surface area contributed by atoms with Crippen molar-refractivity contribution in [3.8, 4) is 0 Å². The lowest BCUT2D eigenvalue weighted by Crippen LogP contribution is -2.36. The van der Waals surface area contributed by atoms with Crippen LogP contribution in [0.1, 0.15) is 24.3 Å². The van der Waals surface area contributed by atoms with Gasteiger partial charge in [0, 0.05) is 13.1 Å². The van der Waals surface area contributed by atoms with E-state index in [0.717, 1.165) is 5.56 Å². The summed E-state index contributed by atoms with van der Waals surface area (Å²) in [5.41, 5.74) is 0.789. The normalized spacial score (nSPS) is 17.2. The molecule has 3 nitrogen and oxygen atoms in total. The van der Waals surface area contributed by atoms with Gasteiger partial charge in [-0.2, -0.15) is 0 Å². The first-order valence-electron chi connectivity index (χ1n) is 5.51. The molecule has 1 aliphatic rings. The number of likely N-dealkylation sites (tertiary alicyclic amines) is 1. The number of piperidine rings is 1. The molecule has 1 aromatic carbocycles. The summed E-state index contributed by atoms with van der Waals surface area (Å²) in [6.07, 6.45) is 0.485. The molecule has 1 aliphatic heterocycles. The molecule has 0 aliphatic carbocycles. The number of amides is 1. The molecule has 5 heteroatoms. The minimum absolute atomic E-state index is 0.147. The van der Waals surface area contributed by atoms with Gasteiger partial charge in [-0.1, -0.05) is 23.7 Å². The van der Waals surface area contributed by atoms with Crippen molar-refractivity contribution in [1.29, 1.82) is 0 Å². The van der Waals surface area contributed by atoms with Crippen molar-refractivity contribution >= 4 is 17.7 Å². The van der Waals surface area contributed by atoms with Crippen LogP contribution in [0, 0.1) is 5.82 Å². The van der Waals surface area contributed by atoms with E-state index < -0.39 is 11.9 Å². The molecule has 0 aromatic heterocycles. The average Bonchev–Trinajstić information content (AvgIpc) is 2.33. The zero-order chi connectivity index (χ0) is 12.4. The summed E-state index contributed by atoms with van der Waals surface area (Å²) in [6.45, 7) is 0.958. The Bertz CT molecular complexity index is 431. The molecule has 0 unspecified atom stereocenters. The van der Waals surface area contributed by atoms with Gasteiger partial charge in [-0.25, -0.2) is 9.18 Å². The predicted molar refractivity (Wildman–Crippen MR) is 63.0 cm³/mol. The molecule has 0 bridgehead atoms. The van der Waals surface area contributed by atoms with Crippen molar-refractivity contribution in [3.63, 3.8) is 0 Å². The van der Waals surface area contributed by atoms with E-state index in [1.165, 1.54) is 11.0 Å². The zero-order valence-electron chi connectivity index (χ0n) is 9.20. The standard InChI is InChI=1S/C12H13ClFNO2/c13-11-9(2-1-3-10(11)14)8-4-6-15(7-5-8)12(16)17/h1-3,8H,4-7H2,(H,16,17). The minimum atomic E-state index is -0.895. The van der Waals surface area contributed by atoms with Gasteiger partial charge in [-0.05, 0) is 30.4 Å². The van der Waals surface area contributed by atoms with Crippen molar-refractivity contribution in [1.82, 2.24) is 4.90 Å². The van der Waals surface area contributed by atoms with Gasteiger partial charge in [0.2, 0.25) is 0 Å². The minimum Gasteiger partial charge on any atom is -0.465 e. The number of nitrogens with zero attached hydrogens (tertiary/aromatic N) is 1. The predicted octanol–water partition coefficient (Wildman–Crippen LogP) is 3.34. The number of benzene rings is 1. The topological polar surface area (TPSA) is 40.5 Å². The monoisotopic (exact) mass is 257 g/mol. The van der Waals surface area contributed by atoms with Gasteiger partial charge < -0.3 is 10.0 Å². The van der Waals surface area contributed by atoms with Crippen LogP contribution in [0.3, 0.4) is 0 Å². The molecule has 1 aromatic rings. The molecule has 1 fully saturated rings. The summed E-state index contributed by atoms with van der Waals surface area (Å²) in [6, 6.07) is 4.78. The van der Waals surface area contributed by atoms with Gasteiger partial charge in [0.1, 0.15) is 5.82 Å². The van der Waals surface area contributed by atoms with Crippen LogP contribution in [0.4, 0.5) is 9.18 Å². The van der Waals surface area contributed by atoms with Crippen LogP contribution in [0.15, 0.2) is 18.2 Å². The van der Waals surface area contributed by atoms with E-state index in [9.17, 15) is 9.18 Å². The number of halogens is 2. The molecule has 0 spiro atoms. The Morgan fingerprint density at radius 3 is 2.65 bits per heavy atom. The second-order valence-electron chi connectivity index (χ2n) is 4.19. The lowest BCUT2D eigenvalue weighted by molar-refractivity contribution is 0.132. The van der Waals surface area contributed by atoms with Crippen LogP contribution in [0.2, 0.25) is 5.02 Å². The largest absolute Gasteiger partial charge is 0.465 e. The maximum absolute atomic E-state index is 13.3. The van der Waals surface area contributed by atoms with E-state index in [1.807, 2.05) is 6.07 Å². The molecule has 1 saturated heterocycles. The first-order valence-corrected chi connectivity index (χ1v) is 5.89. The van der Waals surface area contributed by atoms with Crippen LogP contribution in [-0.2, 0) is 0 Å². The summed E-state index contributed by atoms with van der Waals surface area (Å²) in [7, 11) is 0. The van der Waals surface area contributed by atoms with Crippen molar-refractivity contribution in [2.45, 2.75) is 18.8 Å². The van der Waals surface area contributed by atoms with Crippen LogP contribution in [0.5, 0.6) is 0 Å². The van der Waals surface area contributed by atoms with Gasteiger partial charge in [0.05, 0.1) is 5.02 Å². The Labute approximate surface area is 104 Å². The second-order valence-corrected chi connectivity index (χ2v) is 4.56. The fraction of sp³-hybridized carbons (Fsp3) is 0.417. The highest BCUT2D eigenvalue weighted by atomic mass is 35.5. The number of rotatable bonds is 1. The van der Waals surface area contributed by atoms with Gasteiger partial charge >= 0.3 is 6.09 Å². The van der Waals surface area contributed by atoms with Crippen LogP contribution in [0.25, 0.3) is 0 Å². The molecular formula is C12H13ClFNO2. The van der Waals surface area contributed by atoms with E-state index in [0.29, 0.717) is 25.9 Å². The first-order chi connectivity index (χ1) is 8.09. The maximum Gasteiger partial charge on any atom is 0.407 e. The van der Waals surface area contributed by atoms with Crippen molar-refractivity contribution < 1.29 is 14.3 Å². The highest BCUT2D eigenvalue weighted by molar-refractivity contribution is 6.31. The van der Waals surface area contributed by atoms with Gasteiger partial charge in [-0.3, -0.25) is 0 Å². The number of hydrogen-bond acceptors (Lipinski definition) is 1. The third-order valence-corrected chi connectivity index (χ3v) is 3.59. The molecule has 92 valence electrons. The first kappa shape index (κ1) is 12.2. The molecule has 0 atom stereocenters. The molecule has 0 saturated carbocycles. The van der Waals surface area contributed by atoms with Crippen LogP contribution in [-0.4, -0.2) is 29.2 Å². The summed E-state index contributed by atoms with van der Waals surface area (Å²) in [5.74, 6) is -0.265. The van der Waals surface area contributed by atoms with Crippen LogP contribution < -0.4 is 0 Å². The Hall–Kier alpha value is -1.29. The molecular weight excluding hydrogens is 245 g/mol. The highest BCUT2D eigenvalue weighted by Crippen LogP contribution is 2.33. The van der Waals surface area contributed by atoms with E-state index in [4.69, 9.17) is 16.7 Å². The molecule has 1 amide bonds. The average molecular weight is 258 g/mol. The summed E-state index contributed by atoms with van der Waals surface area (Å²) >= 11 is 5.92. The van der Waals surface area contributed by atoms with Crippen molar-refractivity contribution in [2.75, 3.05) is 13.1 Å². The van der Waals surface area contributed by atoms with E-state index in [1.54, 1.807) is 6.07 Å². The smallest absolute Gasteiger partial charge is 0.407 e. The summed E-state index contributed by atoms with van der Waals surface area (Å²) in [4.78, 5) is 12.1. The van der Waals surface area contributed by atoms with Crippen LogP contribution >= 0.6 is 11.6 Å². The fourth-order valence-electron chi connectivity index (χ4n) is 2.22. The quantitative estimate of drug-likeness (QED) is 0.838. The molecule has 0 radical (unpaired) electrons. The fourth-order valence-corrected chi connectivity index (χ4v) is 2.50. The molecule has 2 rings (SSSR count). The Morgan fingerprint density at radius 2 is 2.06 bits per heavy atom. The van der Waals surface area contributed by atoms with Gasteiger partial charge in [-0.15, -0.1) is 0 Å². The Balaban J connectivity index is 2.10. The number of carboxylic acid groups (broad SMARTS) is 1. The van der Waals surface area contributed by atoms with Crippen molar-refractivity contribution in [2.24, 2.45) is 0 Å². The molecule has 1 N–H and O–H groups in total. The van der Waals surface area contributed by atoms with Gasteiger partial charge in [0.15, 0.2) is 0 Å². The zero-order valence-corrected chi connectivity index (χ0v) is 9.95. The Kier molecular flexibility index (Phi) is 3.52. The summed E-state index contributed by atoms with van der Waals surface area (Å²) in [5, 5.41) is 9.00. The van der Waals surface area contributed by atoms with E-state index in [-0.39, 0.29) is 10.9 Å². The van der Waals surface area contributed by atoms with Gasteiger partial charge in [0.25, 0.3) is 0 Å². The highest BCUT2D eigenvalue weighted by Gasteiger charge is 2.25. The van der Waals surface area contributed by atoms with Crippen molar-refractivity contribution in [3.05, 3.63) is 34.6 Å². The third-order valence-electron chi connectivity index (χ3n) is 3.19. The number of carbonyl (C=O) groups is 1. The second kappa shape index (κ2) is 4.92. The Morgan fingerprint density at radius 1 is 1.41 bits per heavy atom. The number of hydrogen-bond donors (Lipinski definition) is 1. The third kappa shape index (κ3) is 2.52. The molecule has 17 heavy (non-hydrogen) atoms.